The molecule has 0 atom stereocenters. The fourth-order valence-corrected chi connectivity index (χ4v) is 2.54. The maximum Gasteiger partial charge on any atom is 0.258 e. The van der Waals surface area contributed by atoms with Gasteiger partial charge in [0, 0.05) is 11.7 Å². The summed E-state index contributed by atoms with van der Waals surface area (Å²) in [7, 11) is 0. The molecule has 1 aromatic rings. The van der Waals surface area contributed by atoms with Gasteiger partial charge >= 0.3 is 0 Å². The highest BCUT2D eigenvalue weighted by Gasteiger charge is 2.16. The first-order valence-electron chi connectivity index (χ1n) is 6.62. The van der Waals surface area contributed by atoms with Crippen LogP contribution in [0.4, 0.5) is 5.69 Å². The second-order valence-electron chi connectivity index (χ2n) is 4.88. The number of carbonyl (C=O) groups excluding carboxylic acids is 1. The Morgan fingerprint density at radius 1 is 1.37 bits per heavy atom. The molecule has 0 spiro atoms. The Kier molecular flexibility index (Phi) is 4.91. The molecule has 0 bridgehead atoms. The Labute approximate surface area is 118 Å². The van der Waals surface area contributed by atoms with Gasteiger partial charge in [-0.1, -0.05) is 30.9 Å². The fourth-order valence-electron chi connectivity index (χ4n) is 2.29. The molecule has 1 aliphatic rings. The van der Waals surface area contributed by atoms with Gasteiger partial charge in [0.25, 0.3) is 5.91 Å². The highest BCUT2D eigenvalue weighted by atomic mass is 35.5. The van der Waals surface area contributed by atoms with Crippen molar-refractivity contribution < 1.29 is 9.53 Å². The van der Waals surface area contributed by atoms with Crippen LogP contribution in [-0.2, 0) is 4.79 Å². The molecule has 2 rings (SSSR count). The average molecular weight is 283 g/mol. The Morgan fingerprint density at radius 3 is 2.79 bits per heavy atom. The predicted octanol–water partition coefficient (Wildman–Crippen LogP) is 2.75. The molecule has 0 radical (unpaired) electrons. The fraction of sp³-hybridized carbons (Fsp3) is 0.500. The van der Waals surface area contributed by atoms with Crippen LogP contribution in [0.25, 0.3) is 0 Å². The summed E-state index contributed by atoms with van der Waals surface area (Å²) >= 11 is 5.97. The van der Waals surface area contributed by atoms with Crippen LogP contribution in [0, 0.1) is 0 Å². The van der Waals surface area contributed by atoms with Crippen LogP contribution in [0.15, 0.2) is 18.2 Å². The minimum Gasteiger partial charge on any atom is -0.482 e. The van der Waals surface area contributed by atoms with E-state index >= 15 is 0 Å². The maximum atomic E-state index is 11.8. The topological polar surface area (TPSA) is 64.3 Å². The number of amides is 1. The lowest BCUT2D eigenvalue weighted by Gasteiger charge is -2.22. The number of halogens is 1. The molecular formula is C14H19ClN2O2. The molecule has 1 aromatic carbocycles. The van der Waals surface area contributed by atoms with Gasteiger partial charge in [0.2, 0.25) is 0 Å². The van der Waals surface area contributed by atoms with E-state index in [0.29, 0.717) is 22.5 Å². The highest BCUT2D eigenvalue weighted by molar-refractivity contribution is 6.32. The Hall–Kier alpha value is -1.42. The molecule has 3 N–H and O–H groups in total. The Morgan fingerprint density at radius 2 is 2.11 bits per heavy atom. The van der Waals surface area contributed by atoms with Crippen molar-refractivity contribution in [3.63, 3.8) is 0 Å². The second-order valence-corrected chi connectivity index (χ2v) is 5.29. The van der Waals surface area contributed by atoms with E-state index in [2.05, 4.69) is 5.32 Å². The van der Waals surface area contributed by atoms with Crippen molar-refractivity contribution in [1.29, 1.82) is 0 Å². The number of hydrogen-bond donors (Lipinski definition) is 2. The van der Waals surface area contributed by atoms with Crippen LogP contribution < -0.4 is 15.8 Å². The molecule has 0 saturated heterocycles. The number of anilines is 1. The van der Waals surface area contributed by atoms with Crippen LogP contribution in [0.2, 0.25) is 5.02 Å². The van der Waals surface area contributed by atoms with Gasteiger partial charge in [-0.15, -0.1) is 0 Å². The number of nitrogens with two attached hydrogens (primary N) is 1. The van der Waals surface area contributed by atoms with Crippen LogP contribution in [0.5, 0.6) is 5.75 Å². The molecule has 0 heterocycles. The SMILES string of the molecule is Nc1ccc(OCC(=O)NC2CCCCC2)c(Cl)c1. The Bertz CT molecular complexity index is 445. The van der Waals surface area contributed by atoms with Crippen LogP contribution in [0.1, 0.15) is 32.1 Å². The van der Waals surface area contributed by atoms with Gasteiger partial charge in [-0.3, -0.25) is 4.79 Å². The van der Waals surface area contributed by atoms with E-state index < -0.39 is 0 Å². The smallest absolute Gasteiger partial charge is 0.258 e. The summed E-state index contributed by atoms with van der Waals surface area (Å²) in [4.78, 5) is 11.8. The zero-order valence-corrected chi connectivity index (χ0v) is 11.6. The largest absolute Gasteiger partial charge is 0.482 e. The molecule has 1 aliphatic carbocycles. The van der Waals surface area contributed by atoms with E-state index in [1.54, 1.807) is 18.2 Å². The van der Waals surface area contributed by atoms with Crippen molar-refractivity contribution in [3.8, 4) is 5.75 Å². The summed E-state index contributed by atoms with van der Waals surface area (Å²) in [5.41, 5.74) is 6.16. The lowest BCUT2D eigenvalue weighted by Crippen LogP contribution is -2.38. The van der Waals surface area contributed by atoms with Crippen LogP contribution >= 0.6 is 11.6 Å². The zero-order valence-electron chi connectivity index (χ0n) is 10.8. The van der Waals surface area contributed by atoms with Gasteiger partial charge in [-0.05, 0) is 31.0 Å². The number of nitrogen functional groups attached to an aromatic ring is 1. The third-order valence-electron chi connectivity index (χ3n) is 3.28. The van der Waals surface area contributed by atoms with E-state index in [4.69, 9.17) is 22.1 Å². The summed E-state index contributed by atoms with van der Waals surface area (Å²) < 4.78 is 5.40. The molecule has 5 heteroatoms. The summed E-state index contributed by atoms with van der Waals surface area (Å²) in [6.45, 7) is -0.0138. The van der Waals surface area contributed by atoms with Crippen molar-refractivity contribution >= 4 is 23.2 Å². The number of nitrogens with one attached hydrogen (secondary N) is 1. The number of carbonyl (C=O) groups is 1. The standard InChI is InChI=1S/C14H19ClN2O2/c15-12-8-10(16)6-7-13(12)19-9-14(18)17-11-4-2-1-3-5-11/h6-8,11H,1-5,9,16H2,(H,17,18). The van der Waals surface area contributed by atoms with E-state index in [9.17, 15) is 4.79 Å². The summed E-state index contributed by atoms with van der Waals surface area (Å²) in [5.74, 6) is 0.384. The molecule has 1 fully saturated rings. The predicted molar refractivity (Wildman–Crippen MR) is 76.4 cm³/mol. The number of ether oxygens (including phenoxy) is 1. The van der Waals surface area contributed by atoms with Crippen molar-refractivity contribution in [2.75, 3.05) is 12.3 Å². The molecule has 0 aliphatic heterocycles. The van der Waals surface area contributed by atoms with Crippen molar-refractivity contribution in [1.82, 2.24) is 5.32 Å². The molecule has 1 saturated carbocycles. The van der Waals surface area contributed by atoms with Gasteiger partial charge in [-0.2, -0.15) is 0 Å². The highest BCUT2D eigenvalue weighted by Crippen LogP contribution is 2.26. The van der Waals surface area contributed by atoms with E-state index in [1.807, 2.05) is 0 Å². The molecule has 19 heavy (non-hydrogen) atoms. The van der Waals surface area contributed by atoms with Gasteiger partial charge in [-0.25, -0.2) is 0 Å². The van der Waals surface area contributed by atoms with Gasteiger partial charge in [0.05, 0.1) is 5.02 Å². The lowest BCUT2D eigenvalue weighted by atomic mass is 9.95. The zero-order chi connectivity index (χ0) is 13.7. The van der Waals surface area contributed by atoms with Gasteiger partial charge in [0.1, 0.15) is 5.75 Å². The molecular weight excluding hydrogens is 264 g/mol. The van der Waals surface area contributed by atoms with Gasteiger partial charge < -0.3 is 15.8 Å². The first-order chi connectivity index (χ1) is 9.15. The van der Waals surface area contributed by atoms with E-state index in [-0.39, 0.29) is 12.5 Å². The first kappa shape index (κ1) is 14.0. The van der Waals surface area contributed by atoms with Crippen LogP contribution in [-0.4, -0.2) is 18.6 Å². The lowest BCUT2D eigenvalue weighted by molar-refractivity contribution is -0.124. The van der Waals surface area contributed by atoms with E-state index in [0.717, 1.165) is 12.8 Å². The summed E-state index contributed by atoms with van der Waals surface area (Å²) in [6.07, 6.45) is 5.78. The Balaban J connectivity index is 1.79. The average Bonchev–Trinajstić information content (AvgIpc) is 2.39. The van der Waals surface area contributed by atoms with Crippen molar-refractivity contribution in [3.05, 3.63) is 23.2 Å². The number of hydrogen-bond acceptors (Lipinski definition) is 3. The summed E-state index contributed by atoms with van der Waals surface area (Å²) in [5, 5.41) is 3.41. The monoisotopic (exact) mass is 282 g/mol. The quantitative estimate of drug-likeness (QED) is 0.835. The van der Waals surface area contributed by atoms with Crippen molar-refractivity contribution in [2.45, 2.75) is 38.1 Å². The molecule has 104 valence electrons. The molecule has 1 amide bonds. The first-order valence-corrected chi connectivity index (χ1v) is 7.00. The van der Waals surface area contributed by atoms with Gasteiger partial charge in [0.15, 0.2) is 6.61 Å². The number of benzene rings is 1. The third kappa shape index (κ3) is 4.31. The minimum atomic E-state index is -0.0974. The normalized spacial score (nSPS) is 16.1. The van der Waals surface area contributed by atoms with E-state index in [1.165, 1.54) is 19.3 Å². The molecule has 0 aromatic heterocycles. The van der Waals surface area contributed by atoms with Crippen molar-refractivity contribution in [2.24, 2.45) is 0 Å². The maximum absolute atomic E-state index is 11.8. The minimum absolute atomic E-state index is 0.0138. The third-order valence-corrected chi connectivity index (χ3v) is 3.58. The second kappa shape index (κ2) is 6.66. The van der Waals surface area contributed by atoms with Crippen LogP contribution in [0.3, 0.4) is 0 Å². The summed E-state index contributed by atoms with van der Waals surface area (Å²) in [6, 6.07) is 5.27. The molecule has 0 unspecified atom stereocenters. The number of rotatable bonds is 4. The molecule has 4 nitrogen and oxygen atoms in total.